The second kappa shape index (κ2) is 5.27. The molecule has 0 amide bonds. The normalized spacial score (nSPS) is 22.2. The number of rotatable bonds is 4. The van der Waals surface area contributed by atoms with Gasteiger partial charge in [-0.25, -0.2) is 4.98 Å². The highest BCUT2D eigenvalue weighted by Crippen LogP contribution is 2.18. The summed E-state index contributed by atoms with van der Waals surface area (Å²) in [6.45, 7) is 0.833. The van der Waals surface area contributed by atoms with Crippen molar-refractivity contribution in [1.82, 2.24) is 4.98 Å². The molecule has 2 unspecified atom stereocenters. The average Bonchev–Trinajstić information content (AvgIpc) is 2.70. The van der Waals surface area contributed by atoms with Gasteiger partial charge in [0.15, 0.2) is 0 Å². The quantitative estimate of drug-likeness (QED) is 0.801. The fourth-order valence-corrected chi connectivity index (χ4v) is 2.11. The highest BCUT2D eigenvalue weighted by atomic mass is 16.5. The largest absolute Gasteiger partial charge is 0.393 e. The summed E-state index contributed by atoms with van der Waals surface area (Å²) in [6, 6.07) is 3.69. The van der Waals surface area contributed by atoms with E-state index in [2.05, 4.69) is 4.98 Å². The molecule has 2 rings (SSSR count). The van der Waals surface area contributed by atoms with E-state index in [4.69, 9.17) is 10.5 Å². The van der Waals surface area contributed by atoms with Gasteiger partial charge in [0.1, 0.15) is 5.82 Å². The minimum atomic E-state index is -0.357. The third-order valence-corrected chi connectivity index (χ3v) is 2.88. The van der Waals surface area contributed by atoms with Crippen LogP contribution in [0.15, 0.2) is 18.3 Å². The molecule has 3 N–H and O–H groups in total. The highest BCUT2D eigenvalue weighted by molar-refractivity contribution is 5.32. The molecule has 1 saturated heterocycles. The lowest BCUT2D eigenvalue weighted by atomic mass is 10.0. The minimum absolute atomic E-state index is 0.231. The van der Waals surface area contributed by atoms with E-state index in [1.54, 1.807) is 12.3 Å². The summed E-state index contributed by atoms with van der Waals surface area (Å²) in [6.07, 6.45) is 5.05. The van der Waals surface area contributed by atoms with E-state index in [0.29, 0.717) is 18.7 Å². The lowest BCUT2D eigenvalue weighted by molar-refractivity contribution is 0.0541. The van der Waals surface area contributed by atoms with Crippen molar-refractivity contribution >= 4 is 5.82 Å². The maximum atomic E-state index is 9.91. The Morgan fingerprint density at radius 3 is 3.19 bits per heavy atom. The minimum Gasteiger partial charge on any atom is -0.393 e. The number of nitrogens with zero attached hydrogens (tertiary/aromatic N) is 1. The number of hydrogen-bond acceptors (Lipinski definition) is 4. The second-order valence-corrected chi connectivity index (χ2v) is 4.32. The molecule has 4 heteroatoms. The second-order valence-electron chi connectivity index (χ2n) is 4.32. The molecular formula is C12H18N2O2. The molecule has 0 aromatic carbocycles. The van der Waals surface area contributed by atoms with E-state index in [0.717, 1.165) is 25.0 Å². The van der Waals surface area contributed by atoms with Crippen LogP contribution in [0.25, 0.3) is 0 Å². The van der Waals surface area contributed by atoms with Gasteiger partial charge in [0.25, 0.3) is 0 Å². The number of nitrogens with two attached hydrogens (primary N) is 1. The van der Waals surface area contributed by atoms with Crippen molar-refractivity contribution in [2.24, 2.45) is 0 Å². The van der Waals surface area contributed by atoms with E-state index in [9.17, 15) is 5.11 Å². The molecule has 1 aromatic heterocycles. The van der Waals surface area contributed by atoms with Crippen molar-refractivity contribution in [3.63, 3.8) is 0 Å². The summed E-state index contributed by atoms with van der Waals surface area (Å²) in [5.74, 6) is 0.502. The fourth-order valence-electron chi connectivity index (χ4n) is 2.11. The van der Waals surface area contributed by atoms with Crippen molar-refractivity contribution in [2.45, 2.75) is 37.9 Å². The van der Waals surface area contributed by atoms with Gasteiger partial charge in [0, 0.05) is 12.8 Å². The third kappa shape index (κ3) is 3.18. The molecule has 0 aliphatic carbocycles. The van der Waals surface area contributed by atoms with E-state index in [-0.39, 0.29) is 12.2 Å². The van der Waals surface area contributed by atoms with E-state index >= 15 is 0 Å². The van der Waals surface area contributed by atoms with Crippen molar-refractivity contribution in [3.8, 4) is 0 Å². The van der Waals surface area contributed by atoms with Gasteiger partial charge in [0.2, 0.25) is 0 Å². The van der Waals surface area contributed by atoms with Crippen molar-refractivity contribution in [2.75, 3.05) is 12.3 Å². The monoisotopic (exact) mass is 222 g/mol. The van der Waals surface area contributed by atoms with Crippen LogP contribution >= 0.6 is 0 Å². The zero-order valence-electron chi connectivity index (χ0n) is 9.30. The Morgan fingerprint density at radius 1 is 1.62 bits per heavy atom. The first-order valence-electron chi connectivity index (χ1n) is 5.74. The Morgan fingerprint density at radius 2 is 2.50 bits per heavy atom. The fraction of sp³-hybridized carbons (Fsp3) is 0.583. The summed E-state index contributed by atoms with van der Waals surface area (Å²) in [7, 11) is 0. The molecule has 0 spiro atoms. The molecule has 1 aliphatic rings. The van der Waals surface area contributed by atoms with Crippen LogP contribution in [-0.2, 0) is 11.2 Å². The summed E-state index contributed by atoms with van der Waals surface area (Å²) in [5, 5.41) is 9.91. The lowest BCUT2D eigenvalue weighted by Crippen LogP contribution is -2.19. The number of pyridine rings is 1. The number of aliphatic hydroxyl groups is 1. The Balaban J connectivity index is 1.84. The molecule has 4 nitrogen and oxygen atoms in total. The van der Waals surface area contributed by atoms with Crippen LogP contribution < -0.4 is 5.73 Å². The van der Waals surface area contributed by atoms with E-state index < -0.39 is 0 Å². The molecule has 2 heterocycles. The van der Waals surface area contributed by atoms with Crippen molar-refractivity contribution in [3.05, 3.63) is 23.9 Å². The van der Waals surface area contributed by atoms with Crippen LogP contribution in [-0.4, -0.2) is 28.9 Å². The molecular weight excluding hydrogens is 204 g/mol. The summed E-state index contributed by atoms with van der Waals surface area (Å²) in [5.41, 5.74) is 6.61. The standard InChI is InChI=1S/C12H18N2O2/c13-12-7-9(3-4-14-12)6-10(15)8-11-2-1-5-16-11/h3-4,7,10-11,15H,1-2,5-6,8H2,(H2,13,14). The molecule has 88 valence electrons. The predicted octanol–water partition coefficient (Wildman–Crippen LogP) is 1.14. The van der Waals surface area contributed by atoms with Gasteiger partial charge in [-0.2, -0.15) is 0 Å². The predicted molar refractivity (Wildman–Crippen MR) is 62.0 cm³/mol. The zero-order valence-corrected chi connectivity index (χ0v) is 9.30. The number of nitrogen functional groups attached to an aromatic ring is 1. The maximum Gasteiger partial charge on any atom is 0.123 e. The van der Waals surface area contributed by atoms with Crippen LogP contribution in [0.4, 0.5) is 5.82 Å². The van der Waals surface area contributed by atoms with E-state index in [1.807, 2.05) is 6.07 Å². The molecule has 16 heavy (non-hydrogen) atoms. The van der Waals surface area contributed by atoms with Gasteiger partial charge < -0.3 is 15.6 Å². The van der Waals surface area contributed by atoms with Gasteiger partial charge in [0.05, 0.1) is 12.2 Å². The first-order chi connectivity index (χ1) is 7.74. The number of anilines is 1. The molecule has 2 atom stereocenters. The van der Waals surface area contributed by atoms with Gasteiger partial charge in [-0.1, -0.05) is 0 Å². The van der Waals surface area contributed by atoms with Crippen LogP contribution in [0.5, 0.6) is 0 Å². The number of aliphatic hydroxyl groups excluding tert-OH is 1. The first-order valence-corrected chi connectivity index (χ1v) is 5.74. The molecule has 1 aliphatic heterocycles. The smallest absolute Gasteiger partial charge is 0.123 e. The van der Waals surface area contributed by atoms with E-state index in [1.165, 1.54) is 0 Å². The molecule has 0 radical (unpaired) electrons. The summed E-state index contributed by atoms with van der Waals surface area (Å²) >= 11 is 0. The molecule has 1 fully saturated rings. The van der Waals surface area contributed by atoms with Gasteiger partial charge >= 0.3 is 0 Å². The Hall–Kier alpha value is -1.13. The zero-order chi connectivity index (χ0) is 11.4. The molecule has 0 saturated carbocycles. The van der Waals surface area contributed by atoms with Crippen LogP contribution in [0.2, 0.25) is 0 Å². The SMILES string of the molecule is Nc1cc(CC(O)CC2CCCO2)ccn1. The average molecular weight is 222 g/mol. The van der Waals surface area contributed by atoms with Crippen LogP contribution in [0.3, 0.4) is 0 Å². The third-order valence-electron chi connectivity index (χ3n) is 2.88. The topological polar surface area (TPSA) is 68.4 Å². The summed E-state index contributed by atoms with van der Waals surface area (Å²) < 4.78 is 5.49. The Bertz CT molecular complexity index is 338. The van der Waals surface area contributed by atoms with Crippen molar-refractivity contribution < 1.29 is 9.84 Å². The number of aromatic nitrogens is 1. The Labute approximate surface area is 95.4 Å². The maximum absolute atomic E-state index is 9.91. The van der Waals surface area contributed by atoms with Gasteiger partial charge in [-0.05, 0) is 43.4 Å². The first kappa shape index (κ1) is 11.4. The van der Waals surface area contributed by atoms with Crippen LogP contribution in [0, 0.1) is 0 Å². The van der Waals surface area contributed by atoms with Crippen molar-refractivity contribution in [1.29, 1.82) is 0 Å². The molecule has 0 bridgehead atoms. The van der Waals surface area contributed by atoms with Gasteiger partial charge in [-0.3, -0.25) is 0 Å². The highest BCUT2D eigenvalue weighted by Gasteiger charge is 2.19. The Kier molecular flexibility index (Phi) is 3.74. The van der Waals surface area contributed by atoms with Gasteiger partial charge in [-0.15, -0.1) is 0 Å². The summed E-state index contributed by atoms with van der Waals surface area (Å²) in [4.78, 5) is 3.92. The number of hydrogen-bond donors (Lipinski definition) is 2. The van der Waals surface area contributed by atoms with Crippen LogP contribution in [0.1, 0.15) is 24.8 Å². The number of ether oxygens (including phenoxy) is 1. The molecule has 1 aromatic rings. The lowest BCUT2D eigenvalue weighted by Gasteiger charge is -2.15.